The molecule has 1 aromatic heterocycles. The third kappa shape index (κ3) is 3.47. The van der Waals surface area contributed by atoms with E-state index in [1.54, 1.807) is 44.1 Å². The molecular weight excluding hydrogens is 318 g/mol. The third-order valence-corrected chi connectivity index (χ3v) is 3.76. The lowest BCUT2D eigenvalue weighted by molar-refractivity contribution is 0.355. The Bertz CT molecular complexity index is 916. The molecule has 0 saturated carbocycles. The summed E-state index contributed by atoms with van der Waals surface area (Å²) in [6.07, 6.45) is 3.71. The first-order chi connectivity index (χ1) is 12.1. The van der Waals surface area contributed by atoms with Gasteiger partial charge >= 0.3 is 0 Å². The van der Waals surface area contributed by atoms with Crippen molar-refractivity contribution in [3.05, 3.63) is 53.9 Å². The molecule has 6 nitrogen and oxygen atoms in total. The number of para-hydroxylation sites is 1. The predicted octanol–water partition coefficient (Wildman–Crippen LogP) is 3.38. The van der Waals surface area contributed by atoms with E-state index < -0.39 is 0 Å². The molecule has 0 fully saturated rings. The van der Waals surface area contributed by atoms with Gasteiger partial charge in [-0.05, 0) is 35.9 Å². The summed E-state index contributed by atoms with van der Waals surface area (Å²) in [5.74, 6) is 2.67. The number of aromatic hydroxyl groups is 1. The van der Waals surface area contributed by atoms with Gasteiger partial charge in [-0.25, -0.2) is 9.67 Å². The minimum absolute atomic E-state index is 0.174. The number of rotatable bonds is 5. The lowest BCUT2D eigenvalue weighted by Crippen LogP contribution is -1.94. The van der Waals surface area contributed by atoms with Crippen molar-refractivity contribution >= 4 is 12.2 Å². The summed E-state index contributed by atoms with van der Waals surface area (Å²) in [5, 5.41) is 14.4. The van der Waals surface area contributed by atoms with Crippen molar-refractivity contribution in [2.45, 2.75) is 0 Å². The van der Waals surface area contributed by atoms with Crippen molar-refractivity contribution < 1.29 is 14.6 Å². The van der Waals surface area contributed by atoms with E-state index in [4.69, 9.17) is 9.47 Å². The summed E-state index contributed by atoms with van der Waals surface area (Å²) >= 11 is 0. The van der Waals surface area contributed by atoms with Gasteiger partial charge in [-0.3, -0.25) is 0 Å². The number of benzene rings is 2. The highest BCUT2D eigenvalue weighted by atomic mass is 16.5. The Morgan fingerprint density at radius 3 is 2.48 bits per heavy atom. The van der Waals surface area contributed by atoms with Crippen LogP contribution in [0.1, 0.15) is 11.4 Å². The van der Waals surface area contributed by atoms with E-state index in [0.29, 0.717) is 28.7 Å². The summed E-state index contributed by atoms with van der Waals surface area (Å²) in [6, 6.07) is 12.7. The zero-order valence-electron chi connectivity index (χ0n) is 14.3. The van der Waals surface area contributed by atoms with Gasteiger partial charge in [-0.2, -0.15) is 5.10 Å². The van der Waals surface area contributed by atoms with Crippen LogP contribution in [0, 0.1) is 0 Å². The summed E-state index contributed by atoms with van der Waals surface area (Å²) in [7, 11) is 5.00. The largest absolute Gasteiger partial charge is 0.507 e. The molecular formula is C19H19N3O3. The average Bonchev–Trinajstić information content (AvgIpc) is 3.00. The van der Waals surface area contributed by atoms with E-state index in [1.807, 2.05) is 36.4 Å². The Labute approximate surface area is 146 Å². The maximum atomic E-state index is 9.99. The van der Waals surface area contributed by atoms with Crippen molar-refractivity contribution in [1.82, 2.24) is 14.8 Å². The van der Waals surface area contributed by atoms with Gasteiger partial charge in [-0.15, -0.1) is 0 Å². The molecule has 0 radical (unpaired) electrons. The van der Waals surface area contributed by atoms with E-state index in [9.17, 15) is 5.11 Å². The minimum atomic E-state index is 0.174. The number of hydrogen-bond donors (Lipinski definition) is 1. The van der Waals surface area contributed by atoms with Gasteiger partial charge in [0.15, 0.2) is 23.1 Å². The quantitative estimate of drug-likeness (QED) is 0.773. The van der Waals surface area contributed by atoms with Gasteiger partial charge < -0.3 is 14.6 Å². The number of phenolic OH excluding ortho intramolecular Hbond substituents is 1. The number of ether oxygens (including phenoxy) is 2. The second kappa shape index (κ2) is 7.09. The average molecular weight is 337 g/mol. The molecule has 0 unspecified atom stereocenters. The highest BCUT2D eigenvalue weighted by Crippen LogP contribution is 2.29. The first-order valence-corrected chi connectivity index (χ1v) is 7.72. The van der Waals surface area contributed by atoms with Gasteiger partial charge in [0.25, 0.3) is 0 Å². The van der Waals surface area contributed by atoms with Crippen LogP contribution in [0.3, 0.4) is 0 Å². The molecule has 6 heteroatoms. The molecule has 128 valence electrons. The van der Waals surface area contributed by atoms with Gasteiger partial charge in [0.2, 0.25) is 0 Å². The fraction of sp³-hybridized carbons (Fsp3) is 0.158. The fourth-order valence-electron chi connectivity index (χ4n) is 2.50. The molecule has 25 heavy (non-hydrogen) atoms. The van der Waals surface area contributed by atoms with Crippen molar-refractivity contribution in [2.24, 2.45) is 7.05 Å². The molecule has 2 aromatic carbocycles. The topological polar surface area (TPSA) is 69.4 Å². The van der Waals surface area contributed by atoms with E-state index in [0.717, 1.165) is 5.56 Å². The van der Waals surface area contributed by atoms with Crippen LogP contribution in [0.5, 0.6) is 17.2 Å². The van der Waals surface area contributed by atoms with Crippen molar-refractivity contribution in [2.75, 3.05) is 14.2 Å². The maximum Gasteiger partial charge on any atom is 0.174 e. The molecule has 0 amide bonds. The normalized spacial score (nSPS) is 11.0. The fourth-order valence-corrected chi connectivity index (χ4v) is 2.50. The predicted molar refractivity (Wildman–Crippen MR) is 96.6 cm³/mol. The van der Waals surface area contributed by atoms with Crippen LogP contribution >= 0.6 is 0 Å². The van der Waals surface area contributed by atoms with Gasteiger partial charge in [0.1, 0.15) is 5.75 Å². The Morgan fingerprint density at radius 2 is 1.76 bits per heavy atom. The first-order valence-electron chi connectivity index (χ1n) is 7.72. The molecule has 3 rings (SSSR count). The number of aromatic nitrogens is 3. The Morgan fingerprint density at radius 1 is 1.00 bits per heavy atom. The maximum absolute atomic E-state index is 9.99. The monoisotopic (exact) mass is 337 g/mol. The lowest BCUT2D eigenvalue weighted by Gasteiger charge is -2.07. The van der Waals surface area contributed by atoms with Crippen LogP contribution in [0.2, 0.25) is 0 Å². The van der Waals surface area contributed by atoms with Crippen molar-refractivity contribution in [3.8, 4) is 28.6 Å². The first kappa shape index (κ1) is 16.6. The second-order valence-corrected chi connectivity index (χ2v) is 5.38. The van der Waals surface area contributed by atoms with Crippen molar-refractivity contribution in [1.29, 1.82) is 0 Å². The SMILES string of the molecule is COc1ccc(/C=C/c2nc(-c3ccccc3O)n(C)n2)cc1OC. The van der Waals surface area contributed by atoms with E-state index in [-0.39, 0.29) is 5.75 Å². The Kier molecular flexibility index (Phi) is 4.70. The van der Waals surface area contributed by atoms with Crippen LogP contribution in [-0.4, -0.2) is 34.1 Å². The molecule has 0 aliphatic heterocycles. The standard InChI is InChI=1S/C19H19N3O3/c1-22-19(14-6-4-5-7-15(14)23)20-18(21-22)11-9-13-8-10-16(24-2)17(12-13)25-3/h4-12,23H,1-3H3/b11-9+. The highest BCUT2D eigenvalue weighted by molar-refractivity contribution is 5.70. The van der Waals surface area contributed by atoms with E-state index in [1.165, 1.54) is 0 Å². The smallest absolute Gasteiger partial charge is 0.174 e. The molecule has 0 aliphatic rings. The zero-order chi connectivity index (χ0) is 17.8. The highest BCUT2D eigenvalue weighted by Gasteiger charge is 2.11. The van der Waals surface area contributed by atoms with Crippen LogP contribution < -0.4 is 9.47 Å². The Hall–Kier alpha value is -3.28. The van der Waals surface area contributed by atoms with Crippen molar-refractivity contribution in [3.63, 3.8) is 0 Å². The molecule has 0 spiro atoms. The number of nitrogens with zero attached hydrogens (tertiary/aromatic N) is 3. The van der Waals surface area contributed by atoms with Gasteiger partial charge in [0, 0.05) is 7.05 Å². The lowest BCUT2D eigenvalue weighted by atomic mass is 10.2. The molecule has 0 atom stereocenters. The molecule has 1 heterocycles. The molecule has 1 N–H and O–H groups in total. The van der Waals surface area contributed by atoms with Crippen LogP contribution in [0.15, 0.2) is 42.5 Å². The third-order valence-electron chi connectivity index (χ3n) is 3.76. The van der Waals surface area contributed by atoms with Crippen LogP contribution in [0.25, 0.3) is 23.5 Å². The summed E-state index contributed by atoms with van der Waals surface area (Å²) in [6.45, 7) is 0. The van der Waals surface area contributed by atoms with Crippen LogP contribution in [-0.2, 0) is 7.05 Å². The molecule has 0 aliphatic carbocycles. The summed E-state index contributed by atoms with van der Waals surface area (Å²) in [5.41, 5.74) is 1.58. The Balaban J connectivity index is 1.88. The number of methoxy groups -OCH3 is 2. The van der Waals surface area contributed by atoms with E-state index in [2.05, 4.69) is 10.1 Å². The molecule has 3 aromatic rings. The van der Waals surface area contributed by atoms with Crippen LogP contribution in [0.4, 0.5) is 0 Å². The number of aryl methyl sites for hydroxylation is 1. The molecule has 0 bridgehead atoms. The summed E-state index contributed by atoms with van der Waals surface area (Å²) in [4.78, 5) is 4.48. The van der Waals surface area contributed by atoms with E-state index >= 15 is 0 Å². The second-order valence-electron chi connectivity index (χ2n) is 5.38. The summed E-state index contributed by atoms with van der Waals surface area (Å²) < 4.78 is 12.2. The minimum Gasteiger partial charge on any atom is -0.507 e. The van der Waals surface area contributed by atoms with Gasteiger partial charge in [-0.1, -0.05) is 24.3 Å². The number of phenols is 1. The molecule has 0 saturated heterocycles. The number of hydrogen-bond acceptors (Lipinski definition) is 5. The van der Waals surface area contributed by atoms with Gasteiger partial charge in [0.05, 0.1) is 19.8 Å². The zero-order valence-corrected chi connectivity index (χ0v) is 14.3.